The first kappa shape index (κ1) is 8.41. The molecule has 1 atom stereocenters. The molecule has 1 amide bonds. The van der Waals surface area contributed by atoms with Crippen LogP contribution in [0.1, 0.15) is 12.8 Å². The van der Waals surface area contributed by atoms with Gasteiger partial charge in [-0.25, -0.2) is 4.79 Å². The van der Waals surface area contributed by atoms with Crippen molar-refractivity contribution in [1.82, 2.24) is 4.65 Å². The third-order valence-corrected chi connectivity index (χ3v) is 2.44. The maximum Gasteiger partial charge on any atom is 0.354 e. The van der Waals surface area contributed by atoms with Gasteiger partial charge in [-0.05, 0) is 4.65 Å². The standard InChI is InChI=1S/C10H11NO2/c12-10-7-4-8-11(10,13)9-5-2-1-3-6-9/h1-3,5-6H,4,7-8H2/q+1. The maximum absolute atomic E-state index is 12.0. The summed E-state index contributed by atoms with van der Waals surface area (Å²) < 4.78 is -0.763. The first-order chi connectivity index (χ1) is 6.23. The minimum Gasteiger partial charge on any atom is -0.227 e. The Morgan fingerprint density at radius 3 is 2.38 bits per heavy atom. The van der Waals surface area contributed by atoms with Gasteiger partial charge in [0.15, 0.2) is 5.69 Å². The fourth-order valence-corrected chi connectivity index (χ4v) is 1.70. The maximum atomic E-state index is 12.0. The second-order valence-corrected chi connectivity index (χ2v) is 3.30. The van der Waals surface area contributed by atoms with Crippen LogP contribution in [-0.4, -0.2) is 12.5 Å². The minimum atomic E-state index is -0.763. The Balaban J connectivity index is 2.40. The van der Waals surface area contributed by atoms with Crippen LogP contribution < -0.4 is 4.65 Å². The van der Waals surface area contributed by atoms with Crippen molar-refractivity contribution in [3.05, 3.63) is 30.3 Å². The number of carbonyl (C=O) groups excluding carboxylic acids is 1. The molecule has 1 unspecified atom stereocenters. The molecule has 1 heterocycles. The van der Waals surface area contributed by atoms with Gasteiger partial charge in [0.1, 0.15) is 6.54 Å². The lowest BCUT2D eigenvalue weighted by Gasteiger charge is -2.16. The number of carbonyl (C=O) groups is 1. The number of para-hydroxylation sites is 1. The van der Waals surface area contributed by atoms with Crippen LogP contribution in [-0.2, 0) is 10.0 Å². The summed E-state index contributed by atoms with van der Waals surface area (Å²) in [5.41, 5.74) is 0.560. The fourth-order valence-electron chi connectivity index (χ4n) is 1.70. The SMILES string of the molecule is [O][N+]1(c2ccccc2)CCCC1=O. The van der Waals surface area contributed by atoms with E-state index in [0.29, 0.717) is 25.1 Å². The van der Waals surface area contributed by atoms with Crippen LogP contribution in [0, 0.1) is 0 Å². The predicted octanol–water partition coefficient (Wildman–Crippen LogP) is 1.66. The van der Waals surface area contributed by atoms with Gasteiger partial charge in [0.25, 0.3) is 0 Å². The molecule has 0 aromatic heterocycles. The lowest BCUT2D eigenvalue weighted by molar-refractivity contribution is -0.172. The number of nitrogens with zero attached hydrogens (tertiary/aromatic N) is 1. The molecule has 1 aromatic rings. The van der Waals surface area contributed by atoms with E-state index in [-0.39, 0.29) is 5.91 Å². The van der Waals surface area contributed by atoms with Crippen LogP contribution in [0.3, 0.4) is 0 Å². The third-order valence-electron chi connectivity index (χ3n) is 2.44. The largest absolute Gasteiger partial charge is 0.354 e. The van der Waals surface area contributed by atoms with Gasteiger partial charge in [-0.3, -0.25) is 0 Å². The Bertz CT molecular complexity index is 323. The average molecular weight is 177 g/mol. The lowest BCUT2D eigenvalue weighted by atomic mass is 10.3. The molecule has 2 rings (SSSR count). The number of rotatable bonds is 1. The van der Waals surface area contributed by atoms with Crippen LogP contribution >= 0.6 is 0 Å². The number of hydrogen-bond donors (Lipinski definition) is 0. The van der Waals surface area contributed by atoms with Crippen molar-refractivity contribution < 1.29 is 10.0 Å². The zero-order valence-corrected chi connectivity index (χ0v) is 7.27. The highest BCUT2D eigenvalue weighted by Crippen LogP contribution is 2.27. The monoisotopic (exact) mass is 177 g/mol. The molecule has 1 saturated heterocycles. The summed E-state index contributed by atoms with van der Waals surface area (Å²) >= 11 is 0. The quantitative estimate of drug-likeness (QED) is 0.601. The van der Waals surface area contributed by atoms with E-state index in [2.05, 4.69) is 0 Å². The zero-order chi connectivity index (χ0) is 9.31. The molecule has 0 saturated carbocycles. The minimum absolute atomic E-state index is 0.216. The van der Waals surface area contributed by atoms with Crippen molar-refractivity contribution in [2.75, 3.05) is 6.54 Å². The van der Waals surface area contributed by atoms with E-state index in [1.165, 1.54) is 0 Å². The van der Waals surface area contributed by atoms with Gasteiger partial charge >= 0.3 is 5.91 Å². The van der Waals surface area contributed by atoms with Crippen molar-refractivity contribution in [2.24, 2.45) is 0 Å². The van der Waals surface area contributed by atoms with Crippen molar-refractivity contribution in [2.45, 2.75) is 12.8 Å². The van der Waals surface area contributed by atoms with Crippen molar-refractivity contribution in [3.8, 4) is 0 Å². The Labute approximate surface area is 76.8 Å². The third kappa shape index (κ3) is 1.26. The molecule has 1 aliphatic rings. The summed E-state index contributed by atoms with van der Waals surface area (Å²) in [5.74, 6) is -0.216. The Kier molecular flexibility index (Phi) is 1.90. The highest BCUT2D eigenvalue weighted by molar-refractivity contribution is 5.88. The normalized spacial score (nSPS) is 27.9. The second-order valence-electron chi connectivity index (χ2n) is 3.30. The molecular formula is C10H11NO2+. The first-order valence-electron chi connectivity index (χ1n) is 4.41. The summed E-state index contributed by atoms with van der Waals surface area (Å²) in [6.45, 7) is 0.392. The molecule has 1 aliphatic heterocycles. The van der Waals surface area contributed by atoms with Gasteiger partial charge in [-0.1, -0.05) is 18.2 Å². The Hall–Kier alpha value is -1.19. The number of benzene rings is 1. The van der Waals surface area contributed by atoms with E-state index in [1.54, 1.807) is 24.3 Å². The number of hydrogen-bond acceptors (Lipinski definition) is 1. The first-order valence-corrected chi connectivity index (χ1v) is 4.41. The van der Waals surface area contributed by atoms with Crippen LogP contribution in [0.15, 0.2) is 30.3 Å². The molecule has 0 bridgehead atoms. The zero-order valence-electron chi connectivity index (χ0n) is 7.27. The topological polar surface area (TPSA) is 37.0 Å². The Morgan fingerprint density at radius 2 is 1.85 bits per heavy atom. The molecule has 0 aliphatic carbocycles. The van der Waals surface area contributed by atoms with E-state index in [9.17, 15) is 10.0 Å². The summed E-state index contributed by atoms with van der Waals surface area (Å²) in [4.78, 5) is 11.4. The number of hydroxylamine groups is 2. The average Bonchev–Trinajstić information content (AvgIpc) is 2.50. The van der Waals surface area contributed by atoms with Gasteiger partial charge in [0.2, 0.25) is 0 Å². The number of amides is 1. The predicted molar refractivity (Wildman–Crippen MR) is 48.0 cm³/mol. The lowest BCUT2D eigenvalue weighted by Crippen LogP contribution is -2.45. The molecule has 13 heavy (non-hydrogen) atoms. The molecule has 3 nitrogen and oxygen atoms in total. The van der Waals surface area contributed by atoms with Crippen LogP contribution in [0.5, 0.6) is 0 Å². The van der Waals surface area contributed by atoms with Gasteiger partial charge in [-0.2, -0.15) is 0 Å². The van der Waals surface area contributed by atoms with E-state index in [0.717, 1.165) is 0 Å². The Morgan fingerprint density at radius 1 is 1.15 bits per heavy atom. The summed E-state index contributed by atoms with van der Waals surface area (Å²) in [5, 5.41) is 12.0. The van der Waals surface area contributed by atoms with E-state index in [4.69, 9.17) is 0 Å². The van der Waals surface area contributed by atoms with Gasteiger partial charge < -0.3 is 0 Å². The molecule has 1 fully saturated rings. The van der Waals surface area contributed by atoms with Crippen LogP contribution in [0.2, 0.25) is 0 Å². The highest BCUT2D eigenvalue weighted by Gasteiger charge is 2.45. The van der Waals surface area contributed by atoms with E-state index >= 15 is 0 Å². The molecule has 1 radical (unpaired) electrons. The van der Waals surface area contributed by atoms with Gasteiger partial charge in [0, 0.05) is 23.8 Å². The van der Waals surface area contributed by atoms with Crippen LogP contribution in [0.4, 0.5) is 5.69 Å². The molecule has 0 spiro atoms. The van der Waals surface area contributed by atoms with E-state index in [1.807, 2.05) is 6.07 Å². The summed E-state index contributed by atoms with van der Waals surface area (Å²) in [7, 11) is 0. The molecule has 1 aromatic carbocycles. The molecule has 0 N–H and O–H groups in total. The number of quaternary nitrogens is 1. The van der Waals surface area contributed by atoms with Gasteiger partial charge in [0.05, 0.1) is 6.42 Å². The summed E-state index contributed by atoms with van der Waals surface area (Å²) in [6, 6.07) is 8.86. The molecular weight excluding hydrogens is 166 g/mol. The van der Waals surface area contributed by atoms with Crippen molar-refractivity contribution >= 4 is 11.6 Å². The fraction of sp³-hybridized carbons (Fsp3) is 0.300. The highest BCUT2D eigenvalue weighted by atomic mass is 16.6. The molecule has 67 valence electrons. The van der Waals surface area contributed by atoms with Crippen molar-refractivity contribution in [1.29, 1.82) is 0 Å². The van der Waals surface area contributed by atoms with E-state index < -0.39 is 4.65 Å². The summed E-state index contributed by atoms with van der Waals surface area (Å²) in [6.07, 6.45) is 1.12. The smallest absolute Gasteiger partial charge is 0.227 e. The molecule has 3 heteroatoms. The van der Waals surface area contributed by atoms with Gasteiger partial charge in [-0.15, -0.1) is 0 Å². The second kappa shape index (κ2) is 2.94. The van der Waals surface area contributed by atoms with Crippen molar-refractivity contribution in [3.63, 3.8) is 0 Å². The van der Waals surface area contributed by atoms with Crippen LogP contribution in [0.25, 0.3) is 0 Å².